The van der Waals surface area contributed by atoms with Crippen molar-refractivity contribution in [2.24, 2.45) is 5.73 Å². The Hall–Kier alpha value is -1.26. The maximum atomic E-state index is 9.10. The highest BCUT2D eigenvalue weighted by Crippen LogP contribution is 2.36. The van der Waals surface area contributed by atoms with Crippen molar-refractivity contribution in [2.45, 2.75) is 19.9 Å². The molecule has 0 saturated carbocycles. The van der Waals surface area contributed by atoms with E-state index in [4.69, 9.17) is 20.3 Å². The summed E-state index contributed by atoms with van der Waals surface area (Å²) in [6.07, 6.45) is 0. The maximum Gasteiger partial charge on any atom is 0.163 e. The van der Waals surface area contributed by atoms with Gasteiger partial charge < -0.3 is 20.3 Å². The molecule has 16 heavy (non-hydrogen) atoms. The molecule has 90 valence electrons. The van der Waals surface area contributed by atoms with E-state index >= 15 is 0 Å². The van der Waals surface area contributed by atoms with Crippen LogP contribution in [0.4, 0.5) is 0 Å². The molecule has 0 aromatic heterocycles. The molecule has 4 nitrogen and oxygen atoms in total. The summed E-state index contributed by atoms with van der Waals surface area (Å²) in [5, 5.41) is 9.10. The Morgan fingerprint density at radius 2 is 1.88 bits per heavy atom. The molecule has 0 fully saturated rings. The number of nitrogens with two attached hydrogens (primary N) is 1. The van der Waals surface area contributed by atoms with Crippen molar-refractivity contribution in [1.82, 2.24) is 0 Å². The van der Waals surface area contributed by atoms with Crippen molar-refractivity contribution in [3.63, 3.8) is 0 Å². The summed E-state index contributed by atoms with van der Waals surface area (Å²) in [6.45, 7) is 3.82. The van der Waals surface area contributed by atoms with Crippen LogP contribution < -0.4 is 15.2 Å². The third-order valence-corrected chi connectivity index (χ3v) is 2.87. The number of aliphatic hydroxyl groups excluding tert-OH is 1. The van der Waals surface area contributed by atoms with Gasteiger partial charge >= 0.3 is 0 Å². The second kappa shape index (κ2) is 5.18. The summed E-state index contributed by atoms with van der Waals surface area (Å²) in [5.41, 5.74) is 8.73. The van der Waals surface area contributed by atoms with Crippen LogP contribution in [0.15, 0.2) is 6.07 Å². The molecule has 0 aliphatic heterocycles. The standard InChI is InChI=1S/C12H19NO3/c1-7-8(2)12(16-4)11(15-3)5-9(7)10(13)6-14/h5,10,14H,6,13H2,1-4H3. The average molecular weight is 225 g/mol. The first kappa shape index (κ1) is 12.8. The van der Waals surface area contributed by atoms with Crippen molar-refractivity contribution in [3.8, 4) is 11.5 Å². The lowest BCUT2D eigenvalue weighted by Crippen LogP contribution is -2.16. The van der Waals surface area contributed by atoms with Crippen molar-refractivity contribution in [2.75, 3.05) is 20.8 Å². The van der Waals surface area contributed by atoms with Gasteiger partial charge in [-0.2, -0.15) is 0 Å². The van der Waals surface area contributed by atoms with Gasteiger partial charge in [0.2, 0.25) is 0 Å². The molecule has 0 spiro atoms. The fraction of sp³-hybridized carbons (Fsp3) is 0.500. The quantitative estimate of drug-likeness (QED) is 0.811. The van der Waals surface area contributed by atoms with E-state index in [2.05, 4.69) is 0 Å². The van der Waals surface area contributed by atoms with Gasteiger partial charge in [-0.1, -0.05) is 0 Å². The molecule has 3 N–H and O–H groups in total. The summed E-state index contributed by atoms with van der Waals surface area (Å²) < 4.78 is 10.5. The predicted octanol–water partition coefficient (Wildman–Crippen LogP) is 1.31. The smallest absolute Gasteiger partial charge is 0.163 e. The third kappa shape index (κ3) is 2.13. The first-order valence-electron chi connectivity index (χ1n) is 5.15. The van der Waals surface area contributed by atoms with Gasteiger partial charge in [0.1, 0.15) is 0 Å². The van der Waals surface area contributed by atoms with Gasteiger partial charge in [-0.05, 0) is 36.6 Å². The van der Waals surface area contributed by atoms with Crippen LogP contribution in [0.2, 0.25) is 0 Å². The van der Waals surface area contributed by atoms with E-state index < -0.39 is 6.04 Å². The van der Waals surface area contributed by atoms with Gasteiger partial charge in [0.25, 0.3) is 0 Å². The number of benzene rings is 1. The lowest BCUT2D eigenvalue weighted by atomic mass is 9.97. The molecule has 1 aromatic carbocycles. The van der Waals surface area contributed by atoms with Crippen LogP contribution in [0.5, 0.6) is 11.5 Å². The molecule has 0 heterocycles. The average Bonchev–Trinajstić information content (AvgIpc) is 2.31. The molecular formula is C12H19NO3. The van der Waals surface area contributed by atoms with E-state index in [1.165, 1.54) is 0 Å². The molecule has 0 amide bonds. The number of rotatable bonds is 4. The zero-order valence-electron chi connectivity index (χ0n) is 10.2. The van der Waals surface area contributed by atoms with Crippen molar-refractivity contribution >= 4 is 0 Å². The normalized spacial score (nSPS) is 12.4. The Labute approximate surface area is 96.0 Å². The van der Waals surface area contributed by atoms with E-state index in [0.29, 0.717) is 11.5 Å². The molecule has 0 aliphatic rings. The van der Waals surface area contributed by atoms with Crippen LogP contribution in [0, 0.1) is 13.8 Å². The summed E-state index contributed by atoms with van der Waals surface area (Å²) >= 11 is 0. The number of methoxy groups -OCH3 is 2. The van der Waals surface area contributed by atoms with Gasteiger partial charge in [-0.3, -0.25) is 0 Å². The van der Waals surface area contributed by atoms with Crippen molar-refractivity contribution in [1.29, 1.82) is 0 Å². The first-order chi connectivity index (χ1) is 7.56. The molecule has 1 rings (SSSR count). The van der Waals surface area contributed by atoms with Crippen LogP contribution in [0.1, 0.15) is 22.7 Å². The Kier molecular flexibility index (Phi) is 4.15. The van der Waals surface area contributed by atoms with Gasteiger partial charge in [0, 0.05) is 0 Å². The van der Waals surface area contributed by atoms with Gasteiger partial charge in [-0.25, -0.2) is 0 Å². The highest BCUT2D eigenvalue weighted by molar-refractivity contribution is 5.54. The van der Waals surface area contributed by atoms with Crippen LogP contribution in [-0.4, -0.2) is 25.9 Å². The Balaban J connectivity index is 3.38. The molecule has 1 aromatic rings. The summed E-state index contributed by atoms with van der Waals surface area (Å²) in [7, 11) is 3.19. The van der Waals surface area contributed by atoms with Crippen LogP contribution >= 0.6 is 0 Å². The lowest BCUT2D eigenvalue weighted by molar-refractivity contribution is 0.267. The van der Waals surface area contributed by atoms with E-state index in [-0.39, 0.29) is 6.61 Å². The molecule has 0 saturated heterocycles. The van der Waals surface area contributed by atoms with Crippen molar-refractivity contribution in [3.05, 3.63) is 22.8 Å². The van der Waals surface area contributed by atoms with Crippen LogP contribution in [0.25, 0.3) is 0 Å². The highest BCUT2D eigenvalue weighted by atomic mass is 16.5. The molecule has 1 unspecified atom stereocenters. The Bertz CT molecular complexity index is 377. The van der Waals surface area contributed by atoms with E-state index in [0.717, 1.165) is 16.7 Å². The Morgan fingerprint density at radius 3 is 2.31 bits per heavy atom. The van der Waals surface area contributed by atoms with Crippen LogP contribution in [-0.2, 0) is 0 Å². The zero-order valence-corrected chi connectivity index (χ0v) is 10.2. The van der Waals surface area contributed by atoms with E-state index in [1.54, 1.807) is 14.2 Å². The maximum absolute atomic E-state index is 9.10. The molecule has 1 atom stereocenters. The second-order valence-electron chi connectivity index (χ2n) is 3.74. The summed E-state index contributed by atoms with van der Waals surface area (Å²) in [4.78, 5) is 0. The molecular weight excluding hydrogens is 206 g/mol. The van der Waals surface area contributed by atoms with Gasteiger partial charge in [-0.15, -0.1) is 0 Å². The lowest BCUT2D eigenvalue weighted by Gasteiger charge is -2.19. The number of aliphatic hydroxyl groups is 1. The fourth-order valence-corrected chi connectivity index (χ4v) is 1.78. The summed E-state index contributed by atoms with van der Waals surface area (Å²) in [5.74, 6) is 1.36. The highest BCUT2D eigenvalue weighted by Gasteiger charge is 2.17. The monoisotopic (exact) mass is 225 g/mol. The minimum Gasteiger partial charge on any atom is -0.493 e. The van der Waals surface area contributed by atoms with Gasteiger partial charge in [0.05, 0.1) is 26.9 Å². The number of ether oxygens (including phenoxy) is 2. The number of hydrogen-bond acceptors (Lipinski definition) is 4. The molecule has 0 aliphatic carbocycles. The SMILES string of the molecule is COc1cc(C(N)CO)c(C)c(C)c1OC. The number of hydrogen-bond donors (Lipinski definition) is 2. The van der Waals surface area contributed by atoms with Crippen LogP contribution in [0.3, 0.4) is 0 Å². The second-order valence-corrected chi connectivity index (χ2v) is 3.74. The fourth-order valence-electron chi connectivity index (χ4n) is 1.78. The summed E-state index contributed by atoms with van der Waals surface area (Å²) in [6, 6.07) is 1.43. The van der Waals surface area contributed by atoms with Gasteiger partial charge in [0.15, 0.2) is 11.5 Å². The largest absolute Gasteiger partial charge is 0.493 e. The minimum absolute atomic E-state index is 0.0875. The zero-order chi connectivity index (χ0) is 12.3. The topological polar surface area (TPSA) is 64.7 Å². The molecule has 0 radical (unpaired) electrons. The Morgan fingerprint density at radius 1 is 1.25 bits per heavy atom. The third-order valence-electron chi connectivity index (χ3n) is 2.87. The minimum atomic E-state index is -0.390. The molecule has 4 heteroatoms. The predicted molar refractivity (Wildman–Crippen MR) is 63.0 cm³/mol. The molecule has 0 bridgehead atoms. The van der Waals surface area contributed by atoms with E-state index in [9.17, 15) is 0 Å². The van der Waals surface area contributed by atoms with Crippen molar-refractivity contribution < 1.29 is 14.6 Å². The first-order valence-corrected chi connectivity index (χ1v) is 5.15. The van der Waals surface area contributed by atoms with E-state index in [1.807, 2.05) is 19.9 Å².